The normalized spacial score (nSPS) is 14.3. The number of aliphatic hydroxyl groups excluding tert-OH is 1. The Balaban J connectivity index is 3.06. The van der Waals surface area contributed by atoms with Crippen LogP contribution in [-0.2, 0) is 12.8 Å². The summed E-state index contributed by atoms with van der Waals surface area (Å²) in [6.07, 6.45) is -11.7. The molecule has 2 nitrogen and oxygen atoms in total. The number of hydrogen-bond acceptors (Lipinski definition) is 2. The lowest BCUT2D eigenvalue weighted by Crippen LogP contribution is -2.31. The summed E-state index contributed by atoms with van der Waals surface area (Å²) >= 11 is 0. The van der Waals surface area contributed by atoms with Crippen molar-refractivity contribution in [1.82, 2.24) is 0 Å². The molecule has 0 spiro atoms. The highest BCUT2D eigenvalue weighted by Gasteiger charge is 2.39. The molecule has 0 radical (unpaired) electrons. The van der Waals surface area contributed by atoms with Crippen molar-refractivity contribution in [3.63, 3.8) is 0 Å². The van der Waals surface area contributed by atoms with Crippen molar-refractivity contribution in [2.24, 2.45) is 0 Å². The highest BCUT2D eigenvalue weighted by molar-refractivity contribution is 5.37. The van der Waals surface area contributed by atoms with E-state index in [0.717, 1.165) is 12.1 Å². The van der Waals surface area contributed by atoms with Crippen LogP contribution in [0.15, 0.2) is 18.2 Å². The molecule has 0 aromatic heterocycles. The molecule has 0 fully saturated rings. The number of hydrogen-bond donors (Lipinski definition) is 1. The van der Waals surface area contributed by atoms with Gasteiger partial charge >= 0.3 is 12.4 Å². The summed E-state index contributed by atoms with van der Waals surface area (Å²) in [5.74, 6) is -0.561. The lowest BCUT2D eigenvalue weighted by molar-refractivity contribution is -0.189. The monoisotopic (exact) mass is 288 g/mol. The fourth-order valence-corrected chi connectivity index (χ4v) is 1.30. The molecule has 1 aromatic rings. The summed E-state index contributed by atoms with van der Waals surface area (Å²) in [5.41, 5.74) is -1.65. The highest BCUT2D eigenvalue weighted by atomic mass is 19.4. The SMILES string of the molecule is C[C@@H](Oc1ccc(CO)c(C(F)(F)F)c1)C(F)(F)F. The van der Waals surface area contributed by atoms with Crippen molar-refractivity contribution in [3.8, 4) is 5.75 Å². The predicted octanol–water partition coefficient (Wildman–Crippen LogP) is 3.53. The predicted molar refractivity (Wildman–Crippen MR) is 53.5 cm³/mol. The molecule has 8 heteroatoms. The van der Waals surface area contributed by atoms with Crippen LogP contribution in [0.25, 0.3) is 0 Å². The zero-order chi connectivity index (χ0) is 14.8. The molecular formula is C11H10F6O2. The number of ether oxygens (including phenoxy) is 1. The van der Waals surface area contributed by atoms with Crippen LogP contribution < -0.4 is 4.74 Å². The Morgan fingerprint density at radius 2 is 1.74 bits per heavy atom. The van der Waals surface area contributed by atoms with Gasteiger partial charge in [-0.25, -0.2) is 0 Å². The summed E-state index contributed by atoms with van der Waals surface area (Å²) in [7, 11) is 0. The minimum atomic E-state index is -4.78. The third-order valence-electron chi connectivity index (χ3n) is 2.33. The molecule has 0 aliphatic heterocycles. The Morgan fingerprint density at radius 1 is 1.16 bits per heavy atom. The maximum Gasteiger partial charge on any atom is 0.425 e. The fraction of sp³-hybridized carbons (Fsp3) is 0.455. The first kappa shape index (κ1) is 15.6. The van der Waals surface area contributed by atoms with E-state index in [4.69, 9.17) is 5.11 Å². The van der Waals surface area contributed by atoms with Crippen LogP contribution in [0.1, 0.15) is 18.1 Å². The van der Waals surface area contributed by atoms with E-state index in [0.29, 0.717) is 13.0 Å². The van der Waals surface area contributed by atoms with E-state index in [9.17, 15) is 26.3 Å². The molecule has 1 atom stereocenters. The van der Waals surface area contributed by atoms with E-state index in [1.165, 1.54) is 0 Å². The van der Waals surface area contributed by atoms with Gasteiger partial charge in [-0.05, 0) is 24.6 Å². The van der Waals surface area contributed by atoms with Crippen LogP contribution in [0.2, 0.25) is 0 Å². The highest BCUT2D eigenvalue weighted by Crippen LogP contribution is 2.35. The average molecular weight is 288 g/mol. The van der Waals surface area contributed by atoms with E-state index < -0.39 is 41.9 Å². The molecule has 1 rings (SSSR count). The van der Waals surface area contributed by atoms with Gasteiger partial charge in [-0.1, -0.05) is 6.07 Å². The zero-order valence-corrected chi connectivity index (χ0v) is 9.64. The number of alkyl halides is 6. The molecule has 0 unspecified atom stereocenters. The molecule has 0 heterocycles. The quantitative estimate of drug-likeness (QED) is 0.862. The van der Waals surface area contributed by atoms with Gasteiger partial charge < -0.3 is 9.84 Å². The lowest BCUT2D eigenvalue weighted by Gasteiger charge is -2.19. The van der Waals surface area contributed by atoms with Crippen LogP contribution in [-0.4, -0.2) is 17.4 Å². The lowest BCUT2D eigenvalue weighted by atomic mass is 10.1. The van der Waals surface area contributed by atoms with E-state index in [1.807, 2.05) is 0 Å². The van der Waals surface area contributed by atoms with E-state index >= 15 is 0 Å². The number of benzene rings is 1. The van der Waals surface area contributed by atoms with Gasteiger partial charge in [0.15, 0.2) is 6.10 Å². The Morgan fingerprint density at radius 3 is 2.16 bits per heavy atom. The summed E-state index contributed by atoms with van der Waals surface area (Å²) < 4.78 is 78.9. The molecule has 0 aliphatic carbocycles. The Labute approximate surface area is 104 Å². The third-order valence-corrected chi connectivity index (χ3v) is 2.33. The number of aliphatic hydroxyl groups is 1. The third kappa shape index (κ3) is 4.02. The van der Waals surface area contributed by atoms with Gasteiger partial charge in [0, 0.05) is 0 Å². The van der Waals surface area contributed by atoms with Crippen molar-refractivity contribution in [1.29, 1.82) is 0 Å². The second-order valence-electron chi connectivity index (χ2n) is 3.78. The van der Waals surface area contributed by atoms with Gasteiger partial charge in [0.1, 0.15) is 5.75 Å². The molecule has 0 saturated carbocycles. The molecule has 108 valence electrons. The minimum Gasteiger partial charge on any atom is -0.481 e. The van der Waals surface area contributed by atoms with Crippen molar-refractivity contribution in [2.45, 2.75) is 32.0 Å². The van der Waals surface area contributed by atoms with Crippen LogP contribution in [0.5, 0.6) is 5.75 Å². The van der Waals surface area contributed by atoms with E-state index in [2.05, 4.69) is 4.74 Å². The molecule has 19 heavy (non-hydrogen) atoms. The molecule has 0 amide bonds. The second kappa shape index (κ2) is 5.28. The van der Waals surface area contributed by atoms with Crippen molar-refractivity contribution in [3.05, 3.63) is 29.3 Å². The molecule has 1 aromatic carbocycles. The van der Waals surface area contributed by atoms with Crippen molar-refractivity contribution in [2.75, 3.05) is 0 Å². The number of halogens is 6. The van der Waals surface area contributed by atoms with Crippen LogP contribution in [0.4, 0.5) is 26.3 Å². The van der Waals surface area contributed by atoms with Gasteiger partial charge in [0.05, 0.1) is 12.2 Å². The molecule has 1 N–H and O–H groups in total. The van der Waals surface area contributed by atoms with Crippen molar-refractivity contribution >= 4 is 0 Å². The summed E-state index contributed by atoms with van der Waals surface area (Å²) in [6, 6.07) is 2.26. The van der Waals surface area contributed by atoms with Crippen LogP contribution >= 0.6 is 0 Å². The van der Waals surface area contributed by atoms with E-state index in [-0.39, 0.29) is 0 Å². The molecule has 0 aliphatic rings. The smallest absolute Gasteiger partial charge is 0.425 e. The first-order valence-electron chi connectivity index (χ1n) is 5.10. The van der Waals surface area contributed by atoms with Gasteiger partial charge in [-0.15, -0.1) is 0 Å². The minimum absolute atomic E-state index is 0.431. The summed E-state index contributed by atoms with van der Waals surface area (Å²) in [5, 5.41) is 8.76. The Kier molecular flexibility index (Phi) is 4.34. The van der Waals surface area contributed by atoms with Crippen LogP contribution in [0, 0.1) is 0 Å². The standard InChI is InChI=1S/C11H10F6O2/c1-6(10(12,13)14)19-8-3-2-7(5-18)9(4-8)11(15,16)17/h2-4,6,18H,5H2,1H3/t6-/m1/s1. The first-order chi connectivity index (χ1) is 8.55. The summed E-state index contributed by atoms with van der Waals surface area (Å²) in [4.78, 5) is 0. The maximum atomic E-state index is 12.6. The van der Waals surface area contributed by atoms with Crippen molar-refractivity contribution < 1.29 is 36.2 Å². The number of rotatable bonds is 3. The largest absolute Gasteiger partial charge is 0.481 e. The van der Waals surface area contributed by atoms with Gasteiger partial charge in [-0.2, -0.15) is 26.3 Å². The van der Waals surface area contributed by atoms with Gasteiger partial charge in [0.25, 0.3) is 0 Å². The Hall–Kier alpha value is -1.44. The van der Waals surface area contributed by atoms with E-state index in [1.54, 1.807) is 0 Å². The molecular weight excluding hydrogens is 278 g/mol. The second-order valence-corrected chi connectivity index (χ2v) is 3.78. The first-order valence-corrected chi connectivity index (χ1v) is 5.10. The molecule has 0 saturated heterocycles. The van der Waals surface area contributed by atoms with Crippen LogP contribution in [0.3, 0.4) is 0 Å². The molecule has 0 bridgehead atoms. The topological polar surface area (TPSA) is 29.5 Å². The fourth-order valence-electron chi connectivity index (χ4n) is 1.30. The average Bonchev–Trinajstić information content (AvgIpc) is 2.26. The van der Waals surface area contributed by atoms with Gasteiger partial charge in [0.2, 0.25) is 0 Å². The summed E-state index contributed by atoms with van der Waals surface area (Å²) in [6.45, 7) is -0.183. The van der Waals surface area contributed by atoms with Gasteiger partial charge in [-0.3, -0.25) is 0 Å². The zero-order valence-electron chi connectivity index (χ0n) is 9.64. The Bertz CT molecular complexity index is 438. The maximum absolute atomic E-state index is 12.6.